The first-order valence-electron chi connectivity index (χ1n) is 10.0. The Bertz CT molecular complexity index is 1360. The van der Waals surface area contributed by atoms with Gasteiger partial charge in [0.2, 0.25) is 11.8 Å². The Labute approximate surface area is 182 Å². The number of hydrogen-bond donors (Lipinski definition) is 2. The van der Waals surface area contributed by atoms with Gasteiger partial charge in [0, 0.05) is 31.0 Å². The van der Waals surface area contributed by atoms with Crippen LogP contribution in [-0.2, 0) is 9.84 Å². The predicted molar refractivity (Wildman–Crippen MR) is 117 cm³/mol. The van der Waals surface area contributed by atoms with E-state index in [2.05, 4.69) is 35.4 Å². The number of nitrogens with one attached hydrogen (secondary N) is 2. The summed E-state index contributed by atoms with van der Waals surface area (Å²) in [5.74, 6) is 1.06. The van der Waals surface area contributed by atoms with Crippen LogP contribution in [0.15, 0.2) is 40.9 Å². The average molecular weight is 457 g/mol. The van der Waals surface area contributed by atoms with Gasteiger partial charge in [-0.25, -0.2) is 22.8 Å². The summed E-state index contributed by atoms with van der Waals surface area (Å²) in [5, 5.41) is 10.5. The molecule has 0 amide bonds. The maximum atomic E-state index is 13.1. The summed E-state index contributed by atoms with van der Waals surface area (Å²) in [6.45, 7) is 1.25. The van der Waals surface area contributed by atoms with Gasteiger partial charge in [-0.05, 0) is 37.1 Å². The van der Waals surface area contributed by atoms with Crippen molar-refractivity contribution in [1.82, 2.24) is 25.1 Å². The van der Waals surface area contributed by atoms with Crippen LogP contribution in [0.5, 0.6) is 0 Å². The standard InChI is InChI=1S/C20H20FN7O3S/c1-32(29,30)14-6-8-28(9-7-14)17-10-15-16(11-22-17)24-19(23-15)25-20-27-26-18(31-20)12-2-4-13(21)5-3-12/h2-5,10-11,14H,6-9H2,1H3,(H2,23,24,25,27). The maximum Gasteiger partial charge on any atom is 0.322 e. The van der Waals surface area contributed by atoms with Crippen molar-refractivity contribution in [1.29, 1.82) is 0 Å². The van der Waals surface area contributed by atoms with Crippen molar-refractivity contribution in [2.24, 2.45) is 0 Å². The zero-order valence-electron chi connectivity index (χ0n) is 17.1. The van der Waals surface area contributed by atoms with Crippen LogP contribution in [0.4, 0.5) is 22.2 Å². The van der Waals surface area contributed by atoms with Crippen LogP contribution in [0.2, 0.25) is 0 Å². The topological polar surface area (TPSA) is 130 Å². The number of sulfone groups is 1. The highest BCUT2D eigenvalue weighted by Gasteiger charge is 2.27. The van der Waals surface area contributed by atoms with E-state index in [1.165, 1.54) is 18.4 Å². The number of aromatic nitrogens is 5. The van der Waals surface area contributed by atoms with E-state index in [-0.39, 0.29) is 23.0 Å². The number of piperidine rings is 1. The van der Waals surface area contributed by atoms with Crippen molar-refractivity contribution in [3.63, 3.8) is 0 Å². The molecule has 4 aromatic rings. The highest BCUT2D eigenvalue weighted by molar-refractivity contribution is 7.91. The lowest BCUT2D eigenvalue weighted by Crippen LogP contribution is -2.39. The highest BCUT2D eigenvalue weighted by Crippen LogP contribution is 2.26. The van der Waals surface area contributed by atoms with Gasteiger partial charge in [0.25, 0.3) is 0 Å². The van der Waals surface area contributed by atoms with Crippen molar-refractivity contribution in [2.75, 3.05) is 29.6 Å². The SMILES string of the molecule is CS(=O)(=O)C1CCN(c2cc3nc(Nc4nnc(-c5ccc(F)cc5)o4)[nH]c3cn2)CC1. The summed E-state index contributed by atoms with van der Waals surface area (Å²) in [5.41, 5.74) is 2.02. The van der Waals surface area contributed by atoms with Crippen LogP contribution in [0, 0.1) is 5.82 Å². The third-order valence-electron chi connectivity index (χ3n) is 5.47. The number of halogens is 1. The molecule has 3 aromatic heterocycles. The van der Waals surface area contributed by atoms with Gasteiger partial charge in [0.1, 0.15) is 21.5 Å². The molecule has 0 atom stereocenters. The van der Waals surface area contributed by atoms with Crippen molar-refractivity contribution in [2.45, 2.75) is 18.1 Å². The number of H-pyrrole nitrogens is 1. The van der Waals surface area contributed by atoms with Crippen molar-refractivity contribution < 1.29 is 17.2 Å². The van der Waals surface area contributed by atoms with Crippen LogP contribution in [0.1, 0.15) is 12.8 Å². The smallest absolute Gasteiger partial charge is 0.322 e. The number of imidazole rings is 1. The van der Waals surface area contributed by atoms with Gasteiger partial charge < -0.3 is 14.3 Å². The first kappa shape index (κ1) is 20.4. The molecule has 0 aliphatic carbocycles. The molecule has 32 heavy (non-hydrogen) atoms. The van der Waals surface area contributed by atoms with Gasteiger partial charge >= 0.3 is 6.01 Å². The molecule has 1 aliphatic heterocycles. The average Bonchev–Trinajstić information content (AvgIpc) is 3.40. The van der Waals surface area contributed by atoms with Gasteiger partial charge in [-0.2, -0.15) is 0 Å². The zero-order chi connectivity index (χ0) is 22.3. The molecule has 1 saturated heterocycles. The lowest BCUT2D eigenvalue weighted by molar-refractivity contribution is 0.532. The molecule has 10 nitrogen and oxygen atoms in total. The molecule has 4 heterocycles. The number of anilines is 3. The van der Waals surface area contributed by atoms with Crippen LogP contribution in [0.3, 0.4) is 0 Å². The quantitative estimate of drug-likeness (QED) is 0.464. The van der Waals surface area contributed by atoms with Crippen molar-refractivity contribution in [3.05, 3.63) is 42.3 Å². The number of fused-ring (bicyclic) bond motifs is 1. The van der Waals surface area contributed by atoms with E-state index in [0.29, 0.717) is 43.0 Å². The first-order valence-corrected chi connectivity index (χ1v) is 12.0. The number of aromatic amines is 1. The summed E-state index contributed by atoms with van der Waals surface area (Å²) in [6.07, 6.45) is 4.14. The third kappa shape index (κ3) is 4.13. The van der Waals surface area contributed by atoms with E-state index in [0.717, 1.165) is 11.3 Å². The second kappa shape index (κ2) is 7.86. The third-order valence-corrected chi connectivity index (χ3v) is 7.15. The van der Waals surface area contributed by atoms with Gasteiger partial charge in [-0.15, -0.1) is 5.10 Å². The van der Waals surface area contributed by atoms with E-state index < -0.39 is 9.84 Å². The fourth-order valence-electron chi connectivity index (χ4n) is 3.73. The van der Waals surface area contributed by atoms with E-state index in [4.69, 9.17) is 4.42 Å². The number of nitrogens with zero attached hydrogens (tertiary/aromatic N) is 5. The highest BCUT2D eigenvalue weighted by atomic mass is 32.2. The normalized spacial score (nSPS) is 15.4. The Morgan fingerprint density at radius 1 is 1.19 bits per heavy atom. The Hall–Kier alpha value is -3.54. The molecule has 0 radical (unpaired) electrons. The summed E-state index contributed by atoms with van der Waals surface area (Å²) < 4.78 is 42.2. The monoisotopic (exact) mass is 457 g/mol. The molecular formula is C20H20FN7O3S. The molecule has 12 heteroatoms. The summed E-state index contributed by atoms with van der Waals surface area (Å²) in [4.78, 5) is 14.2. The predicted octanol–water partition coefficient (Wildman–Crippen LogP) is 2.90. The Morgan fingerprint density at radius 3 is 2.66 bits per heavy atom. The number of pyridine rings is 1. The number of benzene rings is 1. The second-order valence-corrected chi connectivity index (χ2v) is 10.0. The lowest BCUT2D eigenvalue weighted by Gasteiger charge is -2.31. The van der Waals surface area contributed by atoms with Crippen LogP contribution < -0.4 is 10.2 Å². The number of rotatable bonds is 5. The Morgan fingerprint density at radius 2 is 1.94 bits per heavy atom. The fourth-order valence-corrected chi connectivity index (χ4v) is 4.80. The molecule has 1 aliphatic rings. The Kier molecular flexibility index (Phi) is 5.00. The molecule has 166 valence electrons. The number of hydrogen-bond acceptors (Lipinski definition) is 9. The molecule has 1 fully saturated rings. The molecule has 1 aromatic carbocycles. The minimum Gasteiger partial charge on any atom is -0.403 e. The maximum absolute atomic E-state index is 13.1. The van der Waals surface area contributed by atoms with Gasteiger partial charge in [-0.3, -0.25) is 5.32 Å². The molecule has 0 spiro atoms. The van der Waals surface area contributed by atoms with E-state index in [1.807, 2.05) is 6.07 Å². The molecule has 0 unspecified atom stereocenters. The van der Waals surface area contributed by atoms with Gasteiger partial charge in [0.15, 0.2) is 0 Å². The molecule has 0 saturated carbocycles. The Balaban J connectivity index is 1.30. The first-order chi connectivity index (χ1) is 15.3. The summed E-state index contributed by atoms with van der Waals surface area (Å²) in [7, 11) is -3.02. The fraction of sp³-hybridized carbons (Fsp3) is 0.300. The van der Waals surface area contributed by atoms with E-state index in [9.17, 15) is 12.8 Å². The molecular weight excluding hydrogens is 437 g/mol. The van der Waals surface area contributed by atoms with E-state index >= 15 is 0 Å². The van der Waals surface area contributed by atoms with Crippen molar-refractivity contribution in [3.8, 4) is 11.5 Å². The summed E-state index contributed by atoms with van der Waals surface area (Å²) >= 11 is 0. The van der Waals surface area contributed by atoms with Crippen LogP contribution in [0.25, 0.3) is 22.5 Å². The minimum atomic E-state index is -3.02. The molecule has 2 N–H and O–H groups in total. The minimum absolute atomic E-state index is 0.138. The van der Waals surface area contributed by atoms with Crippen LogP contribution >= 0.6 is 0 Å². The molecule has 0 bridgehead atoms. The van der Waals surface area contributed by atoms with E-state index in [1.54, 1.807) is 18.3 Å². The largest absolute Gasteiger partial charge is 0.403 e. The van der Waals surface area contributed by atoms with Crippen LogP contribution in [-0.4, -0.2) is 58.2 Å². The molecule has 5 rings (SSSR count). The second-order valence-electron chi connectivity index (χ2n) is 7.71. The van der Waals surface area contributed by atoms with Gasteiger partial charge in [-0.1, -0.05) is 5.10 Å². The van der Waals surface area contributed by atoms with Crippen molar-refractivity contribution >= 4 is 38.7 Å². The van der Waals surface area contributed by atoms with Gasteiger partial charge in [0.05, 0.1) is 22.5 Å². The zero-order valence-corrected chi connectivity index (χ0v) is 17.9. The summed E-state index contributed by atoms with van der Waals surface area (Å²) in [6, 6.07) is 7.74. The lowest BCUT2D eigenvalue weighted by atomic mass is 10.1.